The number of rotatable bonds is 3. The Hall–Kier alpha value is -3.39. The highest BCUT2D eigenvalue weighted by Crippen LogP contribution is 2.34. The summed E-state index contributed by atoms with van der Waals surface area (Å²) in [5.41, 5.74) is 3.37. The Morgan fingerprint density at radius 3 is 2.81 bits per heavy atom. The summed E-state index contributed by atoms with van der Waals surface area (Å²) in [5, 5.41) is 15.2. The van der Waals surface area contributed by atoms with Crippen LogP contribution in [0.1, 0.15) is 5.69 Å². The van der Waals surface area contributed by atoms with Crippen LogP contribution in [0.5, 0.6) is 5.75 Å². The number of aryl methyl sites for hydroxylation is 1. The minimum Gasteiger partial charge on any atom is -0.496 e. The molecule has 0 unspecified atom stereocenters. The van der Waals surface area contributed by atoms with Crippen LogP contribution < -0.4 is 4.74 Å². The van der Waals surface area contributed by atoms with Gasteiger partial charge >= 0.3 is 0 Å². The predicted octanol–water partition coefficient (Wildman–Crippen LogP) is 3.78. The maximum Gasteiger partial charge on any atom is 0.235 e. The average molecular weight is 374 g/mol. The second-order valence-electron chi connectivity index (χ2n) is 6.00. The minimum atomic E-state index is 0.665. The highest BCUT2D eigenvalue weighted by Gasteiger charge is 2.18. The normalized spacial score (nSPS) is 11.3. The zero-order chi connectivity index (χ0) is 18.4. The van der Waals surface area contributed by atoms with Crippen LogP contribution in [0.25, 0.3) is 38.0 Å². The Kier molecular flexibility index (Phi) is 3.58. The van der Waals surface area contributed by atoms with Crippen LogP contribution in [-0.2, 0) is 0 Å². The van der Waals surface area contributed by atoms with Crippen LogP contribution in [0, 0.1) is 6.92 Å². The van der Waals surface area contributed by atoms with Crippen molar-refractivity contribution in [2.75, 3.05) is 7.11 Å². The van der Waals surface area contributed by atoms with Crippen molar-refractivity contribution in [3.63, 3.8) is 0 Å². The molecule has 0 spiro atoms. The van der Waals surface area contributed by atoms with Gasteiger partial charge in [-0.25, -0.2) is 9.97 Å². The molecule has 132 valence electrons. The highest BCUT2D eigenvalue weighted by atomic mass is 32.1. The molecule has 0 N–H and O–H groups in total. The molecule has 4 aromatic heterocycles. The first-order valence-corrected chi connectivity index (χ1v) is 9.14. The van der Waals surface area contributed by atoms with E-state index in [1.807, 2.05) is 49.4 Å². The molecule has 0 bridgehead atoms. The number of methoxy groups -OCH3 is 1. The third kappa shape index (κ3) is 2.53. The number of hydrogen-bond donors (Lipinski definition) is 0. The summed E-state index contributed by atoms with van der Waals surface area (Å²) in [6, 6.07) is 13.7. The molecule has 7 nitrogen and oxygen atoms in total. The zero-order valence-electron chi connectivity index (χ0n) is 14.6. The topological polar surface area (TPSA) is 78.1 Å². The van der Waals surface area contributed by atoms with Gasteiger partial charge in [0.15, 0.2) is 16.5 Å². The zero-order valence-corrected chi connectivity index (χ0v) is 15.4. The average Bonchev–Trinajstić information content (AvgIpc) is 3.28. The van der Waals surface area contributed by atoms with Crippen LogP contribution in [0.3, 0.4) is 0 Å². The Labute approximate surface area is 158 Å². The molecule has 0 atom stereocenters. The van der Waals surface area contributed by atoms with E-state index < -0.39 is 0 Å². The number of pyridine rings is 2. The second-order valence-corrected chi connectivity index (χ2v) is 6.95. The summed E-state index contributed by atoms with van der Waals surface area (Å²) in [5.74, 6) is 1.44. The van der Waals surface area contributed by atoms with Crippen LogP contribution in [0.2, 0.25) is 0 Å². The molecule has 4 heterocycles. The molecule has 0 aliphatic rings. The minimum absolute atomic E-state index is 0.665. The van der Waals surface area contributed by atoms with Crippen LogP contribution in [0.4, 0.5) is 0 Å². The summed E-state index contributed by atoms with van der Waals surface area (Å²) in [4.78, 5) is 9.62. The lowest BCUT2D eigenvalue weighted by molar-refractivity contribution is 0.416. The van der Waals surface area contributed by atoms with Gasteiger partial charge in [-0.15, -0.1) is 10.2 Å². The summed E-state index contributed by atoms with van der Waals surface area (Å²) in [7, 11) is 1.66. The van der Waals surface area contributed by atoms with E-state index in [2.05, 4.69) is 20.2 Å². The van der Waals surface area contributed by atoms with Gasteiger partial charge in [0.25, 0.3) is 0 Å². The van der Waals surface area contributed by atoms with E-state index in [9.17, 15) is 0 Å². The van der Waals surface area contributed by atoms with Crippen LogP contribution in [-0.4, -0.2) is 36.9 Å². The molecular weight excluding hydrogens is 360 g/mol. The van der Waals surface area contributed by atoms with Gasteiger partial charge in [0.05, 0.1) is 18.4 Å². The standard InChI is InChI=1S/C19H14N6OS/c1-11-14(10-12-6-5-9-20-16(12)21-11)17-22-23-19-25(17)24-18(27-19)13-7-3-4-8-15(13)26-2/h3-10H,1-2H3. The largest absolute Gasteiger partial charge is 0.496 e. The van der Waals surface area contributed by atoms with Gasteiger partial charge in [0.2, 0.25) is 4.96 Å². The monoisotopic (exact) mass is 374 g/mol. The first kappa shape index (κ1) is 15.8. The molecule has 1 aromatic carbocycles. The molecule has 0 amide bonds. The van der Waals surface area contributed by atoms with Crippen molar-refractivity contribution in [3.05, 3.63) is 54.4 Å². The maximum atomic E-state index is 5.46. The lowest BCUT2D eigenvalue weighted by Gasteiger charge is -2.05. The summed E-state index contributed by atoms with van der Waals surface area (Å²) >= 11 is 1.47. The SMILES string of the molecule is COc1ccccc1-c1nn2c(-c3cc4cccnc4nc3C)nnc2s1. The molecule has 8 heteroatoms. The fourth-order valence-corrected chi connectivity index (χ4v) is 3.91. The van der Waals surface area contributed by atoms with Crippen molar-refractivity contribution in [1.29, 1.82) is 0 Å². The molecule has 0 saturated heterocycles. The maximum absolute atomic E-state index is 5.46. The van der Waals surface area contributed by atoms with Crippen molar-refractivity contribution in [3.8, 4) is 27.7 Å². The van der Waals surface area contributed by atoms with Gasteiger partial charge < -0.3 is 4.74 Å². The number of para-hydroxylation sites is 1. The van der Waals surface area contributed by atoms with Gasteiger partial charge in [0.1, 0.15) is 5.75 Å². The number of hydrogen-bond acceptors (Lipinski definition) is 7. The lowest BCUT2D eigenvalue weighted by atomic mass is 10.1. The first-order chi connectivity index (χ1) is 13.2. The number of aromatic nitrogens is 6. The molecule has 27 heavy (non-hydrogen) atoms. The molecule has 0 radical (unpaired) electrons. The fraction of sp³-hybridized carbons (Fsp3) is 0.105. The highest BCUT2D eigenvalue weighted by molar-refractivity contribution is 7.19. The van der Waals surface area contributed by atoms with Crippen molar-refractivity contribution < 1.29 is 4.74 Å². The van der Waals surface area contributed by atoms with Crippen molar-refractivity contribution >= 4 is 27.3 Å². The van der Waals surface area contributed by atoms with E-state index in [1.54, 1.807) is 17.8 Å². The van der Waals surface area contributed by atoms with Gasteiger partial charge in [-0.2, -0.15) is 9.61 Å². The van der Waals surface area contributed by atoms with E-state index in [0.717, 1.165) is 37.9 Å². The first-order valence-electron chi connectivity index (χ1n) is 8.33. The number of benzene rings is 1. The summed E-state index contributed by atoms with van der Waals surface area (Å²) < 4.78 is 7.22. The van der Waals surface area contributed by atoms with E-state index in [0.29, 0.717) is 11.5 Å². The van der Waals surface area contributed by atoms with E-state index in [4.69, 9.17) is 9.84 Å². The van der Waals surface area contributed by atoms with E-state index >= 15 is 0 Å². The fourth-order valence-electron chi connectivity index (χ4n) is 3.04. The van der Waals surface area contributed by atoms with Crippen molar-refractivity contribution in [2.45, 2.75) is 6.92 Å². The molecule has 5 aromatic rings. The third-order valence-electron chi connectivity index (χ3n) is 4.35. The molecule has 5 rings (SSSR count). The molecule has 0 saturated carbocycles. The Morgan fingerprint density at radius 2 is 1.93 bits per heavy atom. The van der Waals surface area contributed by atoms with E-state index in [1.165, 1.54) is 11.3 Å². The summed E-state index contributed by atoms with van der Waals surface area (Å²) in [6.45, 7) is 1.94. The predicted molar refractivity (Wildman–Crippen MR) is 104 cm³/mol. The Bertz CT molecular complexity index is 1290. The summed E-state index contributed by atoms with van der Waals surface area (Å²) in [6.07, 6.45) is 1.74. The third-order valence-corrected chi connectivity index (χ3v) is 5.28. The quantitative estimate of drug-likeness (QED) is 0.478. The molecule has 0 fully saturated rings. The number of fused-ring (bicyclic) bond motifs is 2. The lowest BCUT2D eigenvalue weighted by Crippen LogP contribution is -1.97. The second kappa shape index (κ2) is 6.10. The molecular formula is C19H14N6OS. The Morgan fingerprint density at radius 1 is 1.04 bits per heavy atom. The van der Waals surface area contributed by atoms with Crippen molar-refractivity contribution in [2.24, 2.45) is 0 Å². The van der Waals surface area contributed by atoms with Gasteiger partial charge in [-0.05, 0) is 37.3 Å². The van der Waals surface area contributed by atoms with Crippen molar-refractivity contribution in [1.82, 2.24) is 29.8 Å². The molecule has 0 aliphatic heterocycles. The van der Waals surface area contributed by atoms with Crippen LogP contribution in [0.15, 0.2) is 48.7 Å². The van der Waals surface area contributed by atoms with Crippen LogP contribution >= 0.6 is 11.3 Å². The van der Waals surface area contributed by atoms with Gasteiger partial charge in [-0.1, -0.05) is 23.5 Å². The Balaban J connectivity index is 1.69. The number of ether oxygens (including phenoxy) is 1. The molecule has 0 aliphatic carbocycles. The number of nitrogens with zero attached hydrogens (tertiary/aromatic N) is 6. The van der Waals surface area contributed by atoms with Gasteiger partial charge in [-0.3, -0.25) is 0 Å². The smallest absolute Gasteiger partial charge is 0.235 e. The van der Waals surface area contributed by atoms with Gasteiger partial charge in [0, 0.05) is 17.1 Å². The van der Waals surface area contributed by atoms with E-state index in [-0.39, 0.29) is 0 Å².